The van der Waals surface area contributed by atoms with E-state index in [0.717, 1.165) is 11.1 Å². The van der Waals surface area contributed by atoms with E-state index < -0.39 is 31.5 Å². The molecule has 9 nitrogen and oxygen atoms in total. The molecule has 3 N–H and O–H groups in total. The Morgan fingerprint density at radius 3 is 2.14 bits per heavy atom. The van der Waals surface area contributed by atoms with Crippen molar-refractivity contribution >= 4 is 37.4 Å². The van der Waals surface area contributed by atoms with Crippen LogP contribution in [0.3, 0.4) is 0 Å². The molecule has 2 aliphatic rings. The van der Waals surface area contributed by atoms with Gasteiger partial charge in [-0.15, -0.1) is 0 Å². The second-order valence-corrected chi connectivity index (χ2v) is 17.5. The van der Waals surface area contributed by atoms with Gasteiger partial charge in [-0.25, -0.2) is 0 Å². The number of ether oxygens (including phenoxy) is 1. The Morgan fingerprint density at radius 2 is 1.53 bits per heavy atom. The highest BCUT2D eigenvalue weighted by atomic mass is 28.4. The zero-order chi connectivity index (χ0) is 34.8. The number of hydrogen-bond acceptors (Lipinski definition) is 6. The van der Waals surface area contributed by atoms with Crippen molar-refractivity contribution in [2.45, 2.75) is 56.8 Å². The quantitative estimate of drug-likeness (QED) is 0.176. The lowest BCUT2D eigenvalue weighted by atomic mass is 9.82. The number of fused-ring (bicyclic) bond motifs is 2. The Bertz CT molecular complexity index is 1800. The molecular formula is C39H43N3O6Si. The van der Waals surface area contributed by atoms with Crippen molar-refractivity contribution in [3.63, 3.8) is 0 Å². The number of aliphatic hydroxyl groups excluding tert-OH is 1. The first-order chi connectivity index (χ1) is 23.5. The van der Waals surface area contributed by atoms with Crippen molar-refractivity contribution in [2.75, 3.05) is 23.4 Å². The van der Waals surface area contributed by atoms with E-state index in [0.29, 0.717) is 35.6 Å². The maximum atomic E-state index is 14.9. The van der Waals surface area contributed by atoms with E-state index in [4.69, 9.17) is 4.74 Å². The summed E-state index contributed by atoms with van der Waals surface area (Å²) in [6, 6.07) is 33.6. The van der Waals surface area contributed by atoms with E-state index in [1.807, 2.05) is 92.8 Å². The number of nitrogens with one attached hydrogen (secondary N) is 1. The van der Waals surface area contributed by atoms with Crippen molar-refractivity contribution in [1.82, 2.24) is 4.90 Å². The standard InChI is InChI=1S/C39H43N3O6Si/c1-27-36(49(2,3)47)34(24-35(44)41(21-22-43)25-28-13-7-4-8-14-28)48-39(27)32-23-31(40-37(45)30-17-11-6-12-18-30)19-20-33(32)42(38(39)46)26-29-15-9-5-10-16-29/h4-20,23,27,34,36,43,47H,21-22,24-26H2,1-3H3,(H,40,45)/t27-,34+,36-,39+/m1/s1. The molecule has 1 saturated heterocycles. The number of carbonyl (C=O) groups is 3. The molecule has 0 bridgehead atoms. The molecular weight excluding hydrogens is 635 g/mol. The predicted octanol–water partition coefficient (Wildman–Crippen LogP) is 5.69. The zero-order valence-electron chi connectivity index (χ0n) is 28.1. The van der Waals surface area contributed by atoms with Crippen LogP contribution in [-0.2, 0) is 33.0 Å². The number of amides is 3. The molecule has 254 valence electrons. The van der Waals surface area contributed by atoms with Gasteiger partial charge in [0.1, 0.15) is 0 Å². The topological polar surface area (TPSA) is 119 Å². The molecule has 2 heterocycles. The van der Waals surface area contributed by atoms with E-state index in [1.165, 1.54) is 0 Å². The molecule has 10 heteroatoms. The summed E-state index contributed by atoms with van der Waals surface area (Å²) < 4.78 is 6.92. The second-order valence-electron chi connectivity index (χ2n) is 13.5. The molecule has 6 rings (SSSR count). The second kappa shape index (κ2) is 14.1. The third-order valence-electron chi connectivity index (χ3n) is 9.78. The van der Waals surface area contributed by atoms with Gasteiger partial charge >= 0.3 is 0 Å². The Morgan fingerprint density at radius 1 is 0.918 bits per heavy atom. The molecule has 0 aromatic heterocycles. The summed E-state index contributed by atoms with van der Waals surface area (Å²) in [5.74, 6) is -1.27. The fourth-order valence-electron chi connectivity index (χ4n) is 7.59. The number of hydrogen-bond donors (Lipinski definition) is 3. The largest absolute Gasteiger partial charge is 0.432 e. The van der Waals surface area contributed by atoms with E-state index >= 15 is 0 Å². The predicted molar refractivity (Wildman–Crippen MR) is 191 cm³/mol. The molecule has 2 aliphatic heterocycles. The molecule has 1 spiro atoms. The van der Waals surface area contributed by atoms with Crippen LogP contribution in [0.25, 0.3) is 0 Å². The molecule has 1 fully saturated rings. The molecule has 4 aromatic rings. The third kappa shape index (κ3) is 6.82. The summed E-state index contributed by atoms with van der Waals surface area (Å²) in [5.41, 5.74) is 2.16. The number of aliphatic hydroxyl groups is 1. The molecule has 0 aliphatic carbocycles. The summed E-state index contributed by atoms with van der Waals surface area (Å²) in [6.07, 6.45) is -0.825. The van der Waals surface area contributed by atoms with E-state index in [-0.39, 0.29) is 37.3 Å². The zero-order valence-corrected chi connectivity index (χ0v) is 29.1. The van der Waals surface area contributed by atoms with Gasteiger partial charge in [-0.05, 0) is 54.6 Å². The molecule has 4 atom stereocenters. The number of benzene rings is 4. The number of nitrogens with zero attached hydrogens (tertiary/aromatic N) is 2. The van der Waals surface area contributed by atoms with Gasteiger partial charge < -0.3 is 29.8 Å². The summed E-state index contributed by atoms with van der Waals surface area (Å²) >= 11 is 0. The van der Waals surface area contributed by atoms with Crippen molar-refractivity contribution in [2.24, 2.45) is 5.92 Å². The van der Waals surface area contributed by atoms with Crippen molar-refractivity contribution < 1.29 is 29.0 Å². The van der Waals surface area contributed by atoms with Crippen LogP contribution in [-0.4, -0.2) is 60.1 Å². The first-order valence-electron chi connectivity index (χ1n) is 16.7. The van der Waals surface area contributed by atoms with Gasteiger partial charge in [0.25, 0.3) is 11.8 Å². The van der Waals surface area contributed by atoms with Crippen LogP contribution in [0.5, 0.6) is 0 Å². The average Bonchev–Trinajstić information content (AvgIpc) is 3.51. The Kier molecular flexibility index (Phi) is 9.85. The smallest absolute Gasteiger partial charge is 0.264 e. The number of rotatable bonds is 11. The van der Waals surface area contributed by atoms with Crippen LogP contribution >= 0.6 is 0 Å². The number of carbonyl (C=O) groups excluding carboxylic acids is 3. The normalized spacial score (nSPS) is 21.5. The lowest BCUT2D eigenvalue weighted by Crippen LogP contribution is -2.46. The minimum absolute atomic E-state index is 0.0632. The molecule has 4 aromatic carbocycles. The molecule has 0 unspecified atom stereocenters. The lowest BCUT2D eigenvalue weighted by Gasteiger charge is -2.32. The first-order valence-corrected chi connectivity index (χ1v) is 19.7. The molecule has 3 amide bonds. The fourth-order valence-corrected chi connectivity index (χ4v) is 10.1. The minimum atomic E-state index is -3.05. The SMILES string of the molecule is C[C@@H]1[C@@H]([Si](C)(C)O)[C@H](CC(=O)N(CCO)Cc2ccccc2)O[C@@]12C(=O)N(Cc1ccccc1)c1ccc(NC(=O)c3ccccc3)cc12. The van der Waals surface area contributed by atoms with Gasteiger partial charge in [0.15, 0.2) is 13.9 Å². The fraction of sp³-hybridized carbons (Fsp3) is 0.308. The van der Waals surface area contributed by atoms with Crippen LogP contribution in [0.2, 0.25) is 18.6 Å². The van der Waals surface area contributed by atoms with Crippen molar-refractivity contribution in [3.05, 3.63) is 131 Å². The van der Waals surface area contributed by atoms with E-state index in [2.05, 4.69) is 5.32 Å². The summed E-state index contributed by atoms with van der Waals surface area (Å²) in [4.78, 5) is 57.0. The first kappa shape index (κ1) is 34.3. The highest BCUT2D eigenvalue weighted by Gasteiger charge is 2.66. The monoisotopic (exact) mass is 677 g/mol. The van der Waals surface area contributed by atoms with Gasteiger partial charge in [-0.1, -0.05) is 85.8 Å². The van der Waals surface area contributed by atoms with Crippen molar-refractivity contribution in [1.29, 1.82) is 0 Å². The Labute approximate surface area is 288 Å². The van der Waals surface area contributed by atoms with Gasteiger partial charge in [-0.3, -0.25) is 14.4 Å². The number of anilines is 2. The van der Waals surface area contributed by atoms with Crippen LogP contribution in [0, 0.1) is 5.92 Å². The lowest BCUT2D eigenvalue weighted by molar-refractivity contribution is -0.150. The maximum absolute atomic E-state index is 14.9. The van der Waals surface area contributed by atoms with Crippen molar-refractivity contribution in [3.8, 4) is 0 Å². The van der Waals surface area contributed by atoms with Gasteiger partial charge in [-0.2, -0.15) is 0 Å². The Hall–Kier alpha value is -4.61. The Balaban J connectivity index is 1.38. The summed E-state index contributed by atoms with van der Waals surface area (Å²) in [7, 11) is -3.05. The average molecular weight is 678 g/mol. The van der Waals surface area contributed by atoms with Gasteiger partial charge in [0.05, 0.1) is 31.4 Å². The van der Waals surface area contributed by atoms with Crippen LogP contribution in [0.15, 0.2) is 109 Å². The highest BCUT2D eigenvalue weighted by molar-refractivity contribution is 6.71. The van der Waals surface area contributed by atoms with Crippen LogP contribution < -0.4 is 10.2 Å². The minimum Gasteiger partial charge on any atom is -0.432 e. The van der Waals surface area contributed by atoms with Gasteiger partial charge in [0, 0.05) is 41.4 Å². The highest BCUT2D eigenvalue weighted by Crippen LogP contribution is 2.60. The van der Waals surface area contributed by atoms with E-state index in [9.17, 15) is 24.3 Å². The molecule has 0 saturated carbocycles. The summed E-state index contributed by atoms with van der Waals surface area (Å²) in [6.45, 7) is 6.13. The van der Waals surface area contributed by atoms with Crippen LogP contribution in [0.4, 0.5) is 11.4 Å². The maximum Gasteiger partial charge on any atom is 0.264 e. The summed E-state index contributed by atoms with van der Waals surface area (Å²) in [5, 5.41) is 12.8. The molecule has 49 heavy (non-hydrogen) atoms. The van der Waals surface area contributed by atoms with Gasteiger partial charge in [0.2, 0.25) is 5.91 Å². The van der Waals surface area contributed by atoms with E-state index in [1.54, 1.807) is 46.2 Å². The van der Waals surface area contributed by atoms with Crippen LogP contribution in [0.1, 0.15) is 40.4 Å². The third-order valence-corrected chi connectivity index (χ3v) is 12.3. The molecule has 0 radical (unpaired) electrons.